The van der Waals surface area contributed by atoms with E-state index in [1.807, 2.05) is 73.1 Å². The molecule has 6 nitrogen and oxygen atoms in total. The fourth-order valence-corrected chi connectivity index (χ4v) is 2.23. The molecular formula is C23H22IrN4O2-2. The Morgan fingerprint density at radius 2 is 1.20 bits per heavy atom. The van der Waals surface area contributed by atoms with E-state index in [2.05, 4.69) is 22.3 Å². The number of nitrogens with zero attached hydrogens (tertiary/aromatic N) is 4. The van der Waals surface area contributed by atoms with Crippen LogP contribution in [-0.4, -0.2) is 31.1 Å². The average molecular weight is 579 g/mol. The number of Topliss-reactive ketones (excluding diaryl/α,β-unsaturated/α-hetero) is 2. The van der Waals surface area contributed by atoms with E-state index in [1.54, 1.807) is 21.8 Å². The predicted octanol–water partition coefficient (Wildman–Crippen LogP) is 3.90. The van der Waals surface area contributed by atoms with Gasteiger partial charge in [-0.05, 0) is 37.4 Å². The normalized spacial score (nSPS) is 9.13. The van der Waals surface area contributed by atoms with Gasteiger partial charge in [-0.3, -0.25) is 19.0 Å². The Kier molecular flexibility index (Phi) is 11.6. The SMILES string of the molecule is CC(=O)CC(C)=O.[Ir].[c-]1ccccc1-n1cccn1.[c-]1ccccc1-n1cccn1. The van der Waals surface area contributed by atoms with Gasteiger partial charge in [0.1, 0.15) is 11.6 Å². The summed E-state index contributed by atoms with van der Waals surface area (Å²) in [5.41, 5.74) is 1.94. The Balaban J connectivity index is 0.000000229. The Morgan fingerprint density at radius 1 is 0.767 bits per heavy atom. The zero-order chi connectivity index (χ0) is 20.9. The summed E-state index contributed by atoms with van der Waals surface area (Å²) in [4.78, 5) is 20.1. The van der Waals surface area contributed by atoms with Crippen molar-refractivity contribution in [2.75, 3.05) is 0 Å². The molecule has 2 heterocycles. The van der Waals surface area contributed by atoms with E-state index in [-0.39, 0.29) is 38.1 Å². The molecule has 0 saturated carbocycles. The molecule has 0 amide bonds. The van der Waals surface area contributed by atoms with Crippen molar-refractivity contribution in [2.24, 2.45) is 0 Å². The van der Waals surface area contributed by atoms with Crippen molar-refractivity contribution in [3.05, 3.63) is 97.6 Å². The molecule has 0 saturated heterocycles. The average Bonchev–Trinajstić information content (AvgIpc) is 3.44. The first kappa shape index (κ1) is 24.9. The number of carbonyl (C=O) groups excluding carboxylic acids is 2. The van der Waals surface area contributed by atoms with Gasteiger partial charge in [0.05, 0.1) is 6.42 Å². The summed E-state index contributed by atoms with van der Waals surface area (Å²) in [6, 6.07) is 25.4. The number of carbonyl (C=O) groups is 2. The van der Waals surface area contributed by atoms with Crippen molar-refractivity contribution >= 4 is 11.6 Å². The second-order valence-electron chi connectivity index (χ2n) is 5.98. The number of aromatic nitrogens is 4. The van der Waals surface area contributed by atoms with Crippen LogP contribution < -0.4 is 0 Å². The third-order valence-electron chi connectivity index (χ3n) is 3.39. The van der Waals surface area contributed by atoms with Crippen LogP contribution in [0, 0.1) is 12.1 Å². The van der Waals surface area contributed by atoms with Crippen molar-refractivity contribution in [1.82, 2.24) is 19.6 Å². The summed E-state index contributed by atoms with van der Waals surface area (Å²) in [5, 5.41) is 8.14. The number of rotatable bonds is 4. The molecule has 0 N–H and O–H groups in total. The molecular weight excluding hydrogens is 556 g/mol. The molecule has 4 aromatic rings. The van der Waals surface area contributed by atoms with Gasteiger partial charge >= 0.3 is 0 Å². The van der Waals surface area contributed by atoms with Gasteiger partial charge in [-0.15, -0.1) is 12.1 Å². The fraction of sp³-hybridized carbons (Fsp3) is 0.130. The molecule has 0 aliphatic rings. The van der Waals surface area contributed by atoms with Crippen molar-refractivity contribution in [3.63, 3.8) is 0 Å². The monoisotopic (exact) mass is 579 g/mol. The quantitative estimate of drug-likeness (QED) is 0.272. The van der Waals surface area contributed by atoms with Crippen LogP contribution in [0.25, 0.3) is 11.4 Å². The fourth-order valence-electron chi connectivity index (χ4n) is 2.23. The van der Waals surface area contributed by atoms with Gasteiger partial charge in [0.15, 0.2) is 0 Å². The zero-order valence-electron chi connectivity index (χ0n) is 16.7. The summed E-state index contributed by atoms with van der Waals surface area (Å²) in [5.74, 6) is -0.125. The van der Waals surface area contributed by atoms with Gasteiger partial charge in [-0.2, -0.15) is 58.7 Å². The molecule has 0 aliphatic heterocycles. The van der Waals surface area contributed by atoms with Crippen LogP contribution in [0.3, 0.4) is 0 Å². The number of para-hydroxylation sites is 2. The standard InChI is InChI=1S/2C9H7N2.C5H8O2.Ir/c2*1-2-5-9(6-3-1)11-8-4-7-10-11;1-4(6)3-5(2)7;/h2*1-5,7-8H;3H2,1-2H3;/q2*-1;;. The molecule has 2 aromatic heterocycles. The second-order valence-corrected chi connectivity index (χ2v) is 5.98. The van der Waals surface area contributed by atoms with Crippen LogP contribution in [0.5, 0.6) is 0 Å². The molecule has 0 unspecified atom stereocenters. The first-order valence-electron chi connectivity index (χ1n) is 8.98. The van der Waals surface area contributed by atoms with Crippen LogP contribution in [0.4, 0.5) is 0 Å². The second kappa shape index (κ2) is 13.9. The Labute approximate surface area is 189 Å². The zero-order valence-corrected chi connectivity index (χ0v) is 19.1. The summed E-state index contributed by atoms with van der Waals surface area (Å²) < 4.78 is 3.56. The van der Waals surface area contributed by atoms with Gasteiger partial charge in [-0.25, -0.2) is 0 Å². The van der Waals surface area contributed by atoms with Crippen LogP contribution in [0.1, 0.15) is 20.3 Å². The van der Waals surface area contributed by atoms with Crippen LogP contribution in [0.2, 0.25) is 0 Å². The van der Waals surface area contributed by atoms with E-state index >= 15 is 0 Å². The molecule has 30 heavy (non-hydrogen) atoms. The first-order valence-corrected chi connectivity index (χ1v) is 8.98. The Bertz CT molecular complexity index is 889. The third kappa shape index (κ3) is 9.36. The number of hydrogen-bond donors (Lipinski definition) is 0. The van der Waals surface area contributed by atoms with Gasteiger partial charge in [0.25, 0.3) is 0 Å². The maximum Gasteiger partial charge on any atom is 0.137 e. The van der Waals surface area contributed by atoms with E-state index in [0.717, 1.165) is 11.4 Å². The van der Waals surface area contributed by atoms with Crippen molar-refractivity contribution in [3.8, 4) is 11.4 Å². The maximum absolute atomic E-state index is 10.0. The smallest absolute Gasteiger partial charge is 0.137 e. The van der Waals surface area contributed by atoms with Gasteiger partial charge < -0.3 is 0 Å². The van der Waals surface area contributed by atoms with Crippen molar-refractivity contribution in [1.29, 1.82) is 0 Å². The van der Waals surface area contributed by atoms with E-state index in [4.69, 9.17) is 0 Å². The van der Waals surface area contributed by atoms with E-state index in [0.29, 0.717) is 0 Å². The predicted molar refractivity (Wildman–Crippen MR) is 111 cm³/mol. The summed E-state index contributed by atoms with van der Waals surface area (Å²) in [7, 11) is 0. The van der Waals surface area contributed by atoms with Crippen molar-refractivity contribution < 1.29 is 29.7 Å². The minimum atomic E-state index is -0.0625. The number of benzene rings is 2. The van der Waals surface area contributed by atoms with Crippen LogP contribution >= 0.6 is 0 Å². The van der Waals surface area contributed by atoms with Crippen LogP contribution in [0.15, 0.2) is 85.5 Å². The molecule has 4 rings (SSSR count). The molecule has 1 radical (unpaired) electrons. The third-order valence-corrected chi connectivity index (χ3v) is 3.39. The van der Waals surface area contributed by atoms with E-state index in [1.165, 1.54) is 13.8 Å². The van der Waals surface area contributed by atoms with Gasteiger partial charge in [0.2, 0.25) is 0 Å². The minimum Gasteiger partial charge on any atom is -0.300 e. The minimum absolute atomic E-state index is 0. The largest absolute Gasteiger partial charge is 0.300 e. The molecule has 0 bridgehead atoms. The number of ketones is 2. The number of hydrogen-bond acceptors (Lipinski definition) is 4. The Hall–Kier alpha value is -3.15. The van der Waals surface area contributed by atoms with Gasteiger partial charge in [0, 0.05) is 44.9 Å². The topological polar surface area (TPSA) is 69.8 Å². The summed E-state index contributed by atoms with van der Waals surface area (Å²) in [6.45, 7) is 2.81. The van der Waals surface area contributed by atoms with Crippen LogP contribution in [-0.2, 0) is 29.7 Å². The van der Waals surface area contributed by atoms with E-state index < -0.39 is 0 Å². The molecule has 2 aromatic carbocycles. The first-order chi connectivity index (χ1) is 14.1. The molecule has 0 spiro atoms. The molecule has 157 valence electrons. The Morgan fingerprint density at radius 3 is 1.43 bits per heavy atom. The molecule has 0 atom stereocenters. The summed E-state index contributed by atoms with van der Waals surface area (Å²) >= 11 is 0. The van der Waals surface area contributed by atoms with E-state index in [9.17, 15) is 9.59 Å². The molecule has 0 fully saturated rings. The van der Waals surface area contributed by atoms with Crippen molar-refractivity contribution in [2.45, 2.75) is 20.3 Å². The maximum atomic E-state index is 10.0. The molecule has 0 aliphatic carbocycles. The van der Waals surface area contributed by atoms with Gasteiger partial charge in [-0.1, -0.05) is 0 Å². The summed E-state index contributed by atoms with van der Waals surface area (Å²) in [6.07, 6.45) is 7.37. The molecule has 7 heteroatoms.